The van der Waals surface area contributed by atoms with E-state index in [2.05, 4.69) is 17.3 Å². The zero-order chi connectivity index (χ0) is 15.1. The summed E-state index contributed by atoms with van der Waals surface area (Å²) in [4.78, 5) is 12.0. The molecular formula is C16H20ClN3O. The number of hydrogen-bond acceptors (Lipinski definition) is 2. The summed E-state index contributed by atoms with van der Waals surface area (Å²) in [5.74, 6) is 1.07. The van der Waals surface area contributed by atoms with Crippen molar-refractivity contribution in [3.8, 4) is 5.69 Å². The van der Waals surface area contributed by atoms with Crippen molar-refractivity contribution in [2.24, 2.45) is 5.92 Å². The Morgan fingerprint density at radius 2 is 2.14 bits per heavy atom. The summed E-state index contributed by atoms with van der Waals surface area (Å²) in [6.07, 6.45) is 5.29. The number of nitrogens with zero attached hydrogens (tertiary/aromatic N) is 2. The van der Waals surface area contributed by atoms with Crippen LogP contribution in [-0.4, -0.2) is 28.1 Å². The number of alkyl halides is 1. The summed E-state index contributed by atoms with van der Waals surface area (Å²) in [6.45, 7) is 2.77. The van der Waals surface area contributed by atoms with Crippen LogP contribution < -0.4 is 5.32 Å². The highest BCUT2D eigenvalue weighted by atomic mass is 35.5. The van der Waals surface area contributed by atoms with Gasteiger partial charge in [0.05, 0.1) is 17.4 Å². The first-order chi connectivity index (χ1) is 10.2. The molecule has 0 radical (unpaired) electrons. The average Bonchev–Trinajstić information content (AvgIpc) is 3.02. The maximum absolute atomic E-state index is 12.0. The third kappa shape index (κ3) is 4.60. The molecule has 21 heavy (non-hydrogen) atoms. The average molecular weight is 306 g/mol. The molecule has 0 spiro atoms. The predicted octanol–water partition coefficient (Wildman–Crippen LogP) is 3.26. The lowest BCUT2D eigenvalue weighted by Gasteiger charge is -2.07. The third-order valence-electron chi connectivity index (χ3n) is 3.29. The molecule has 0 aliphatic carbocycles. The highest BCUT2D eigenvalue weighted by molar-refractivity contribution is 6.18. The Morgan fingerprint density at radius 1 is 1.38 bits per heavy atom. The molecule has 2 rings (SSSR count). The van der Waals surface area contributed by atoms with Crippen LogP contribution in [0.25, 0.3) is 5.69 Å². The molecular weight excluding hydrogens is 286 g/mol. The van der Waals surface area contributed by atoms with Crippen LogP contribution in [0.5, 0.6) is 0 Å². The van der Waals surface area contributed by atoms with Gasteiger partial charge in [-0.1, -0.05) is 25.1 Å². The molecule has 0 fully saturated rings. The van der Waals surface area contributed by atoms with Gasteiger partial charge in [0.1, 0.15) is 0 Å². The smallest absolute Gasteiger partial charge is 0.254 e. The van der Waals surface area contributed by atoms with Crippen LogP contribution in [0.1, 0.15) is 30.1 Å². The fourth-order valence-corrected chi connectivity index (χ4v) is 2.15. The Bertz CT molecular complexity index is 568. The lowest BCUT2D eigenvalue weighted by Crippen LogP contribution is -2.24. The summed E-state index contributed by atoms with van der Waals surface area (Å²) in [6, 6.07) is 9.72. The summed E-state index contributed by atoms with van der Waals surface area (Å²) >= 11 is 5.75. The van der Waals surface area contributed by atoms with Crippen LogP contribution in [0.2, 0.25) is 0 Å². The van der Waals surface area contributed by atoms with Crippen LogP contribution in [0.3, 0.4) is 0 Å². The van der Waals surface area contributed by atoms with E-state index in [0.29, 0.717) is 23.9 Å². The molecule has 1 aromatic carbocycles. The van der Waals surface area contributed by atoms with Crippen molar-refractivity contribution in [2.45, 2.75) is 19.8 Å². The molecule has 4 nitrogen and oxygen atoms in total. The Kier molecular flexibility index (Phi) is 5.81. The topological polar surface area (TPSA) is 46.9 Å². The van der Waals surface area contributed by atoms with Gasteiger partial charge >= 0.3 is 0 Å². The van der Waals surface area contributed by atoms with Gasteiger partial charge in [0.15, 0.2) is 0 Å². The van der Waals surface area contributed by atoms with Gasteiger partial charge in [-0.05, 0) is 30.9 Å². The minimum atomic E-state index is -0.0873. The number of benzene rings is 1. The molecule has 1 aromatic heterocycles. The van der Waals surface area contributed by atoms with Crippen LogP contribution in [-0.2, 0) is 0 Å². The van der Waals surface area contributed by atoms with Crippen molar-refractivity contribution in [3.63, 3.8) is 0 Å². The molecule has 0 saturated heterocycles. The Morgan fingerprint density at radius 3 is 2.86 bits per heavy atom. The van der Waals surface area contributed by atoms with E-state index in [4.69, 9.17) is 11.6 Å². The SMILES string of the molecule is CC(CCl)CCCNC(=O)c1cnn(-c2ccccc2)c1. The van der Waals surface area contributed by atoms with Crippen molar-refractivity contribution in [1.29, 1.82) is 0 Å². The van der Waals surface area contributed by atoms with Crippen LogP contribution >= 0.6 is 11.6 Å². The number of nitrogens with one attached hydrogen (secondary N) is 1. The molecule has 5 heteroatoms. The van der Waals surface area contributed by atoms with Crippen molar-refractivity contribution in [2.75, 3.05) is 12.4 Å². The van der Waals surface area contributed by atoms with Gasteiger partial charge in [-0.2, -0.15) is 5.10 Å². The largest absolute Gasteiger partial charge is 0.352 e. The molecule has 1 heterocycles. The molecule has 1 N–H and O–H groups in total. The first kappa shape index (κ1) is 15.6. The standard InChI is InChI=1S/C16H20ClN3O/c1-13(10-17)6-5-9-18-16(21)14-11-19-20(12-14)15-7-3-2-4-8-15/h2-4,7-8,11-13H,5-6,9-10H2,1H3,(H,18,21). The van der Waals surface area contributed by atoms with E-state index in [-0.39, 0.29) is 5.91 Å². The number of carbonyl (C=O) groups excluding carboxylic acids is 1. The molecule has 2 aromatic rings. The Hall–Kier alpha value is -1.81. The van der Waals surface area contributed by atoms with Gasteiger partial charge in [-0.25, -0.2) is 4.68 Å². The third-order valence-corrected chi connectivity index (χ3v) is 3.82. The molecule has 1 atom stereocenters. The molecule has 1 unspecified atom stereocenters. The molecule has 112 valence electrons. The number of para-hydroxylation sites is 1. The Balaban J connectivity index is 1.85. The number of halogens is 1. The zero-order valence-corrected chi connectivity index (χ0v) is 12.9. The second-order valence-corrected chi connectivity index (χ2v) is 5.48. The molecule has 0 aliphatic heterocycles. The normalized spacial score (nSPS) is 12.1. The van der Waals surface area contributed by atoms with Gasteiger partial charge in [0.2, 0.25) is 0 Å². The van der Waals surface area contributed by atoms with Crippen molar-refractivity contribution in [1.82, 2.24) is 15.1 Å². The number of rotatable bonds is 7. The van der Waals surface area contributed by atoms with E-state index >= 15 is 0 Å². The maximum atomic E-state index is 12.0. The summed E-state index contributed by atoms with van der Waals surface area (Å²) in [7, 11) is 0. The molecule has 0 bridgehead atoms. The minimum absolute atomic E-state index is 0.0873. The summed E-state index contributed by atoms with van der Waals surface area (Å²) < 4.78 is 1.70. The highest BCUT2D eigenvalue weighted by Crippen LogP contribution is 2.08. The Labute approximate surface area is 130 Å². The quantitative estimate of drug-likeness (QED) is 0.630. The van der Waals surface area contributed by atoms with Crippen molar-refractivity contribution >= 4 is 17.5 Å². The zero-order valence-electron chi connectivity index (χ0n) is 12.1. The van der Waals surface area contributed by atoms with Crippen LogP contribution in [0.15, 0.2) is 42.7 Å². The van der Waals surface area contributed by atoms with Gasteiger partial charge < -0.3 is 5.32 Å². The minimum Gasteiger partial charge on any atom is -0.352 e. The second-order valence-electron chi connectivity index (χ2n) is 5.17. The van der Waals surface area contributed by atoms with Crippen molar-refractivity contribution < 1.29 is 4.79 Å². The maximum Gasteiger partial charge on any atom is 0.254 e. The fourth-order valence-electron chi connectivity index (χ4n) is 1.99. The lowest BCUT2D eigenvalue weighted by molar-refractivity contribution is 0.0952. The van der Waals surface area contributed by atoms with E-state index in [9.17, 15) is 4.79 Å². The van der Waals surface area contributed by atoms with Gasteiger partial charge in [-0.15, -0.1) is 11.6 Å². The number of hydrogen-bond donors (Lipinski definition) is 1. The number of aromatic nitrogens is 2. The van der Waals surface area contributed by atoms with Gasteiger partial charge in [-0.3, -0.25) is 4.79 Å². The number of carbonyl (C=O) groups is 1. The fraction of sp³-hybridized carbons (Fsp3) is 0.375. The van der Waals surface area contributed by atoms with Crippen LogP contribution in [0, 0.1) is 5.92 Å². The molecule has 1 amide bonds. The predicted molar refractivity (Wildman–Crippen MR) is 85.0 cm³/mol. The van der Waals surface area contributed by atoms with E-state index in [0.717, 1.165) is 18.5 Å². The summed E-state index contributed by atoms with van der Waals surface area (Å²) in [5.41, 5.74) is 1.51. The lowest BCUT2D eigenvalue weighted by atomic mass is 10.1. The highest BCUT2D eigenvalue weighted by Gasteiger charge is 2.09. The first-order valence-electron chi connectivity index (χ1n) is 7.15. The molecule has 0 aliphatic rings. The molecule has 0 saturated carbocycles. The van der Waals surface area contributed by atoms with E-state index in [1.165, 1.54) is 0 Å². The van der Waals surface area contributed by atoms with E-state index in [1.54, 1.807) is 17.1 Å². The van der Waals surface area contributed by atoms with Crippen molar-refractivity contribution in [3.05, 3.63) is 48.3 Å². The monoisotopic (exact) mass is 305 g/mol. The van der Waals surface area contributed by atoms with Crippen LogP contribution in [0.4, 0.5) is 0 Å². The first-order valence-corrected chi connectivity index (χ1v) is 7.68. The summed E-state index contributed by atoms with van der Waals surface area (Å²) in [5, 5.41) is 7.12. The van der Waals surface area contributed by atoms with E-state index in [1.807, 2.05) is 30.3 Å². The van der Waals surface area contributed by atoms with Gasteiger partial charge in [0, 0.05) is 18.6 Å². The number of amides is 1. The van der Waals surface area contributed by atoms with E-state index < -0.39 is 0 Å². The van der Waals surface area contributed by atoms with Gasteiger partial charge in [0.25, 0.3) is 5.91 Å². The second kappa shape index (κ2) is 7.84.